The fraction of sp³-hybridized carbons (Fsp3) is 0.310. The molecule has 4 nitrogen and oxygen atoms in total. The van der Waals surface area contributed by atoms with Crippen LogP contribution >= 0.6 is 0 Å². The van der Waals surface area contributed by atoms with Gasteiger partial charge in [0, 0.05) is 19.0 Å². The molecular weight excluding hydrogens is 406 g/mol. The Kier molecular flexibility index (Phi) is 7.55. The van der Waals surface area contributed by atoms with Crippen molar-refractivity contribution >= 4 is 5.91 Å². The molecule has 1 aliphatic heterocycles. The zero-order chi connectivity index (χ0) is 22.9. The summed E-state index contributed by atoms with van der Waals surface area (Å²) in [4.78, 5) is 15.0. The lowest BCUT2D eigenvalue weighted by Crippen LogP contribution is -2.42. The Morgan fingerprint density at radius 1 is 0.879 bits per heavy atom. The van der Waals surface area contributed by atoms with Crippen LogP contribution in [-0.4, -0.2) is 30.4 Å². The first-order valence-corrected chi connectivity index (χ1v) is 11.8. The summed E-state index contributed by atoms with van der Waals surface area (Å²) in [6.07, 6.45) is 2.44. The van der Waals surface area contributed by atoms with Gasteiger partial charge < -0.3 is 10.2 Å². The molecule has 33 heavy (non-hydrogen) atoms. The van der Waals surface area contributed by atoms with Crippen LogP contribution < -0.4 is 5.32 Å². The van der Waals surface area contributed by atoms with E-state index in [1.807, 2.05) is 66.7 Å². The van der Waals surface area contributed by atoms with Crippen LogP contribution in [0.1, 0.15) is 36.0 Å². The second-order valence-corrected chi connectivity index (χ2v) is 8.82. The van der Waals surface area contributed by atoms with Crippen LogP contribution in [0, 0.1) is 17.2 Å². The average Bonchev–Trinajstić information content (AvgIpc) is 2.90. The summed E-state index contributed by atoms with van der Waals surface area (Å²) in [6.45, 7) is 3.18. The van der Waals surface area contributed by atoms with Crippen molar-refractivity contribution < 1.29 is 4.79 Å². The predicted octanol–water partition coefficient (Wildman–Crippen LogP) is 4.91. The molecule has 1 fully saturated rings. The zero-order valence-electron chi connectivity index (χ0n) is 19.0. The lowest BCUT2D eigenvalue weighted by molar-refractivity contribution is -0.126. The summed E-state index contributed by atoms with van der Waals surface area (Å²) in [5, 5.41) is 13.5. The van der Waals surface area contributed by atoms with Crippen molar-refractivity contribution in [2.45, 2.75) is 31.2 Å². The number of nitriles is 1. The molecule has 1 saturated heterocycles. The van der Waals surface area contributed by atoms with E-state index >= 15 is 0 Å². The Balaban J connectivity index is 1.35. The van der Waals surface area contributed by atoms with Gasteiger partial charge in [0.1, 0.15) is 5.41 Å². The van der Waals surface area contributed by atoms with E-state index in [-0.39, 0.29) is 11.8 Å². The summed E-state index contributed by atoms with van der Waals surface area (Å²) in [5.74, 6) is 0.215. The number of amides is 1. The van der Waals surface area contributed by atoms with Crippen molar-refractivity contribution in [3.63, 3.8) is 0 Å². The summed E-state index contributed by atoms with van der Waals surface area (Å²) in [7, 11) is 0. The van der Waals surface area contributed by atoms with Crippen LogP contribution in [0.5, 0.6) is 0 Å². The molecule has 3 aromatic carbocycles. The molecule has 0 radical (unpaired) electrons. The Labute approximate surface area is 196 Å². The molecule has 0 aliphatic carbocycles. The van der Waals surface area contributed by atoms with Gasteiger partial charge in [0.25, 0.3) is 0 Å². The second kappa shape index (κ2) is 10.9. The van der Waals surface area contributed by atoms with E-state index in [1.165, 1.54) is 0 Å². The molecule has 0 saturated carbocycles. The maximum absolute atomic E-state index is 12.6. The maximum Gasteiger partial charge on any atom is 0.223 e. The van der Waals surface area contributed by atoms with Crippen molar-refractivity contribution in [1.29, 1.82) is 5.26 Å². The summed E-state index contributed by atoms with van der Waals surface area (Å²) in [6, 6.07) is 32.9. The van der Waals surface area contributed by atoms with Crippen LogP contribution in [0.15, 0.2) is 91.0 Å². The van der Waals surface area contributed by atoms with E-state index in [1.54, 1.807) is 0 Å². The number of rotatable bonds is 8. The minimum absolute atomic E-state index is 0.0638. The van der Waals surface area contributed by atoms with Crippen LogP contribution in [0.25, 0.3) is 0 Å². The van der Waals surface area contributed by atoms with Crippen molar-refractivity contribution in [2.75, 3.05) is 19.6 Å². The van der Waals surface area contributed by atoms with Gasteiger partial charge in [-0.05, 0) is 49.0 Å². The molecule has 3 aromatic rings. The van der Waals surface area contributed by atoms with Crippen molar-refractivity contribution in [1.82, 2.24) is 10.2 Å². The number of hydrogen-bond acceptors (Lipinski definition) is 3. The Morgan fingerprint density at radius 2 is 1.39 bits per heavy atom. The third-order valence-electron chi connectivity index (χ3n) is 6.80. The van der Waals surface area contributed by atoms with Crippen LogP contribution in [0.3, 0.4) is 0 Å². The Morgan fingerprint density at radius 3 is 1.91 bits per heavy atom. The Bertz CT molecular complexity index is 1010. The zero-order valence-corrected chi connectivity index (χ0v) is 19.0. The first-order chi connectivity index (χ1) is 16.2. The van der Waals surface area contributed by atoms with Crippen LogP contribution in [-0.2, 0) is 16.8 Å². The first-order valence-electron chi connectivity index (χ1n) is 11.8. The molecule has 0 bridgehead atoms. The lowest BCUT2D eigenvalue weighted by atomic mass is 9.73. The van der Waals surface area contributed by atoms with Crippen LogP contribution in [0.4, 0.5) is 0 Å². The number of nitrogens with one attached hydrogen (secondary N) is 1. The standard InChI is InChI=1S/C29H31N3O/c30-23-29(26-12-6-2-7-13-26,27-14-8-3-9-15-27)18-21-32-19-16-25(17-20-32)28(33)31-22-24-10-4-1-5-11-24/h1-15,25H,16-22H2,(H,31,33). The quantitative estimate of drug-likeness (QED) is 0.544. The van der Waals surface area contributed by atoms with Crippen molar-refractivity contribution in [2.24, 2.45) is 5.92 Å². The molecule has 0 unspecified atom stereocenters. The average molecular weight is 438 g/mol. The monoisotopic (exact) mass is 437 g/mol. The minimum Gasteiger partial charge on any atom is -0.352 e. The Hall–Kier alpha value is -3.42. The predicted molar refractivity (Wildman–Crippen MR) is 131 cm³/mol. The van der Waals surface area contributed by atoms with Crippen molar-refractivity contribution in [3.05, 3.63) is 108 Å². The molecule has 0 aromatic heterocycles. The van der Waals surface area contributed by atoms with Gasteiger partial charge in [-0.15, -0.1) is 0 Å². The largest absolute Gasteiger partial charge is 0.352 e. The fourth-order valence-corrected chi connectivity index (χ4v) is 4.76. The number of carbonyl (C=O) groups is 1. The number of piperidine rings is 1. The molecule has 1 heterocycles. The number of nitrogens with zero attached hydrogens (tertiary/aromatic N) is 2. The topological polar surface area (TPSA) is 56.1 Å². The highest BCUT2D eigenvalue weighted by Gasteiger charge is 2.35. The molecule has 168 valence electrons. The van der Waals surface area contributed by atoms with Gasteiger partial charge >= 0.3 is 0 Å². The highest BCUT2D eigenvalue weighted by molar-refractivity contribution is 5.78. The van der Waals surface area contributed by atoms with Gasteiger partial charge in [-0.2, -0.15) is 5.26 Å². The molecule has 0 spiro atoms. The SMILES string of the molecule is N#CC(CCN1CCC(C(=O)NCc2ccccc2)CC1)(c1ccccc1)c1ccccc1. The molecular formula is C29H31N3O. The van der Waals surface area contributed by atoms with Gasteiger partial charge in [-0.1, -0.05) is 91.0 Å². The number of benzene rings is 3. The smallest absolute Gasteiger partial charge is 0.223 e. The maximum atomic E-state index is 12.6. The summed E-state index contributed by atoms with van der Waals surface area (Å²) < 4.78 is 0. The van der Waals surface area contributed by atoms with Crippen LogP contribution in [0.2, 0.25) is 0 Å². The normalized spacial score (nSPS) is 15.0. The third-order valence-corrected chi connectivity index (χ3v) is 6.80. The van der Waals surface area contributed by atoms with E-state index < -0.39 is 5.41 Å². The molecule has 4 rings (SSSR count). The number of carbonyl (C=O) groups excluding carboxylic acids is 1. The molecule has 0 atom stereocenters. The van der Waals surface area contributed by atoms with Gasteiger partial charge in [0.15, 0.2) is 0 Å². The lowest BCUT2D eigenvalue weighted by Gasteiger charge is -2.35. The van der Waals surface area contributed by atoms with Gasteiger partial charge in [-0.3, -0.25) is 4.79 Å². The summed E-state index contributed by atoms with van der Waals surface area (Å²) >= 11 is 0. The van der Waals surface area contributed by atoms with E-state index in [2.05, 4.69) is 40.6 Å². The molecule has 1 amide bonds. The van der Waals surface area contributed by atoms with E-state index in [0.29, 0.717) is 6.54 Å². The van der Waals surface area contributed by atoms with Crippen molar-refractivity contribution in [3.8, 4) is 6.07 Å². The minimum atomic E-state index is -0.674. The van der Waals surface area contributed by atoms with Gasteiger partial charge in [0.2, 0.25) is 5.91 Å². The van der Waals surface area contributed by atoms with E-state index in [0.717, 1.165) is 55.6 Å². The van der Waals surface area contributed by atoms with E-state index in [9.17, 15) is 10.1 Å². The molecule has 1 aliphatic rings. The fourth-order valence-electron chi connectivity index (χ4n) is 4.76. The molecule has 1 N–H and O–H groups in total. The highest BCUT2D eigenvalue weighted by atomic mass is 16.1. The first kappa shape index (κ1) is 22.8. The summed E-state index contributed by atoms with van der Waals surface area (Å²) in [5.41, 5.74) is 2.52. The van der Waals surface area contributed by atoms with Gasteiger partial charge in [-0.25, -0.2) is 0 Å². The third kappa shape index (κ3) is 5.50. The highest BCUT2D eigenvalue weighted by Crippen LogP contribution is 2.35. The van der Waals surface area contributed by atoms with Gasteiger partial charge in [0.05, 0.1) is 6.07 Å². The number of likely N-dealkylation sites (tertiary alicyclic amines) is 1. The molecule has 4 heteroatoms. The second-order valence-electron chi connectivity index (χ2n) is 8.82. The van der Waals surface area contributed by atoms with E-state index in [4.69, 9.17) is 0 Å². The number of hydrogen-bond donors (Lipinski definition) is 1.